The molecule has 0 aliphatic carbocycles. The molecule has 0 amide bonds. The van der Waals surface area contributed by atoms with Crippen molar-refractivity contribution in [3.8, 4) is 0 Å². The number of fused-ring (bicyclic) bond motifs is 3. The minimum atomic E-state index is 0.659. The summed E-state index contributed by atoms with van der Waals surface area (Å²) in [5.74, 6) is 0. The maximum atomic E-state index is 6.27. The van der Waals surface area contributed by atoms with E-state index in [2.05, 4.69) is 58.0 Å². The fraction of sp³-hybridized carbons (Fsp3) is 0.0556. The Morgan fingerprint density at radius 3 is 2.73 bits per heavy atom. The molecule has 2 aromatic carbocycles. The van der Waals surface area contributed by atoms with Crippen LogP contribution in [0, 0.1) is 0 Å². The van der Waals surface area contributed by atoms with E-state index < -0.39 is 0 Å². The Kier molecular flexibility index (Phi) is 3.29. The van der Waals surface area contributed by atoms with Crippen LogP contribution in [0.25, 0.3) is 16.3 Å². The molecule has 2 nitrogen and oxygen atoms in total. The number of imidazole rings is 1. The van der Waals surface area contributed by atoms with E-state index >= 15 is 0 Å². The number of nitrogens with zero attached hydrogens (tertiary/aromatic N) is 2. The largest absolute Gasteiger partial charge is 0.249 e. The van der Waals surface area contributed by atoms with Crippen LogP contribution in [0.1, 0.15) is 5.56 Å². The summed E-state index contributed by atoms with van der Waals surface area (Å²) in [6, 6.07) is 16.1. The first-order valence-corrected chi connectivity index (χ1v) is 7.79. The summed E-state index contributed by atoms with van der Waals surface area (Å²) in [5, 5.41) is 3.84. The monoisotopic (exact) mass is 327 g/mol. The molecule has 0 spiro atoms. The van der Waals surface area contributed by atoms with Crippen molar-refractivity contribution in [1.82, 2.24) is 4.40 Å². The fourth-order valence-electron chi connectivity index (χ4n) is 2.78. The molecule has 4 aromatic rings. The maximum absolute atomic E-state index is 6.27. The van der Waals surface area contributed by atoms with Gasteiger partial charge >= 0.3 is 0 Å². The highest BCUT2D eigenvalue weighted by Crippen LogP contribution is 2.22. The second-order valence-corrected chi connectivity index (χ2v) is 6.19. The Bertz CT molecular complexity index is 989. The molecule has 2 heterocycles. The van der Waals surface area contributed by atoms with Gasteiger partial charge < -0.3 is 0 Å². The van der Waals surface area contributed by atoms with Gasteiger partial charge in [0.05, 0.1) is 6.20 Å². The van der Waals surface area contributed by atoms with Crippen LogP contribution in [-0.2, 0) is 6.54 Å². The van der Waals surface area contributed by atoms with Gasteiger partial charge in [-0.1, -0.05) is 47.5 Å². The number of halogens is 2. The lowest BCUT2D eigenvalue weighted by molar-refractivity contribution is -0.686. The molecule has 0 atom stereocenters. The average Bonchev–Trinajstić information content (AvgIpc) is 2.93. The standard InChI is InChI=1S/C18H13Cl2N2/c19-15-6-5-14(17(20)9-15)10-21-11-18-16-4-2-1-3-13(16)7-8-22(18)12-21/h1-9,11-12H,10H2/q+1. The summed E-state index contributed by atoms with van der Waals surface area (Å²) < 4.78 is 4.27. The molecule has 4 rings (SSSR count). The number of hydrogen-bond acceptors (Lipinski definition) is 0. The number of hydrogen-bond donors (Lipinski definition) is 0. The van der Waals surface area contributed by atoms with E-state index in [-0.39, 0.29) is 0 Å². The molecule has 22 heavy (non-hydrogen) atoms. The van der Waals surface area contributed by atoms with E-state index in [1.165, 1.54) is 16.3 Å². The number of aromatic nitrogens is 2. The van der Waals surface area contributed by atoms with Crippen LogP contribution >= 0.6 is 23.2 Å². The van der Waals surface area contributed by atoms with Crippen molar-refractivity contribution < 1.29 is 4.57 Å². The van der Waals surface area contributed by atoms with Gasteiger partial charge in [-0.3, -0.25) is 0 Å². The van der Waals surface area contributed by atoms with E-state index in [1.54, 1.807) is 6.07 Å². The van der Waals surface area contributed by atoms with Gasteiger partial charge in [0.25, 0.3) is 0 Å². The predicted octanol–water partition coefficient (Wildman–Crippen LogP) is 4.74. The molecule has 0 aliphatic rings. The first-order chi connectivity index (χ1) is 10.7. The van der Waals surface area contributed by atoms with Gasteiger partial charge in [-0.05, 0) is 29.7 Å². The summed E-state index contributed by atoms with van der Waals surface area (Å²) in [6.07, 6.45) is 6.30. The van der Waals surface area contributed by atoms with Crippen molar-refractivity contribution in [2.24, 2.45) is 0 Å². The van der Waals surface area contributed by atoms with Gasteiger partial charge in [0.15, 0.2) is 5.52 Å². The van der Waals surface area contributed by atoms with Gasteiger partial charge in [-0.2, -0.15) is 0 Å². The highest BCUT2D eigenvalue weighted by atomic mass is 35.5. The van der Waals surface area contributed by atoms with Gasteiger partial charge in [0.1, 0.15) is 12.7 Å². The normalized spacial score (nSPS) is 11.4. The molecule has 0 fully saturated rings. The van der Waals surface area contributed by atoms with E-state index in [9.17, 15) is 0 Å². The smallest absolute Gasteiger partial charge is 0.232 e. The fourth-order valence-corrected chi connectivity index (χ4v) is 3.24. The summed E-state index contributed by atoms with van der Waals surface area (Å²) >= 11 is 12.2. The lowest BCUT2D eigenvalue weighted by Gasteiger charge is -2.01. The van der Waals surface area contributed by atoms with Crippen molar-refractivity contribution in [2.45, 2.75) is 6.54 Å². The second kappa shape index (κ2) is 5.31. The summed E-state index contributed by atoms with van der Waals surface area (Å²) in [5.41, 5.74) is 2.24. The zero-order valence-electron chi connectivity index (χ0n) is 11.7. The van der Waals surface area contributed by atoms with E-state index in [0.29, 0.717) is 16.6 Å². The molecular weight excluding hydrogens is 315 g/mol. The third-order valence-electron chi connectivity index (χ3n) is 3.86. The Morgan fingerprint density at radius 2 is 1.86 bits per heavy atom. The van der Waals surface area contributed by atoms with E-state index in [0.717, 1.165) is 5.56 Å². The Hall–Kier alpha value is -2.03. The molecule has 108 valence electrons. The summed E-state index contributed by atoms with van der Waals surface area (Å²) in [6.45, 7) is 0.714. The second-order valence-electron chi connectivity index (χ2n) is 5.35. The highest BCUT2D eigenvalue weighted by molar-refractivity contribution is 6.35. The van der Waals surface area contributed by atoms with Crippen LogP contribution in [0.2, 0.25) is 10.0 Å². The number of benzene rings is 2. The number of rotatable bonds is 2. The maximum Gasteiger partial charge on any atom is 0.249 e. The summed E-state index contributed by atoms with van der Waals surface area (Å²) in [4.78, 5) is 0. The van der Waals surface area contributed by atoms with Crippen LogP contribution in [-0.4, -0.2) is 4.40 Å². The Morgan fingerprint density at radius 1 is 1.00 bits per heavy atom. The molecular formula is C18H13Cl2N2+. The average molecular weight is 328 g/mol. The van der Waals surface area contributed by atoms with Gasteiger partial charge in [0.2, 0.25) is 6.33 Å². The topological polar surface area (TPSA) is 8.29 Å². The van der Waals surface area contributed by atoms with Crippen LogP contribution in [0.3, 0.4) is 0 Å². The van der Waals surface area contributed by atoms with Crippen molar-refractivity contribution in [3.63, 3.8) is 0 Å². The zero-order valence-corrected chi connectivity index (χ0v) is 13.2. The van der Waals surface area contributed by atoms with Gasteiger partial charge in [-0.25, -0.2) is 8.97 Å². The Balaban J connectivity index is 1.81. The third-order valence-corrected chi connectivity index (χ3v) is 4.45. The van der Waals surface area contributed by atoms with Crippen molar-refractivity contribution in [2.75, 3.05) is 0 Å². The van der Waals surface area contributed by atoms with Crippen LogP contribution in [0.15, 0.2) is 67.3 Å². The molecule has 4 heteroatoms. The lowest BCUT2D eigenvalue weighted by Crippen LogP contribution is -2.31. The molecule has 0 aliphatic heterocycles. The van der Waals surface area contributed by atoms with Crippen LogP contribution in [0.4, 0.5) is 0 Å². The first kappa shape index (κ1) is 13.6. The first-order valence-electron chi connectivity index (χ1n) is 7.03. The number of pyridine rings is 1. The van der Waals surface area contributed by atoms with Crippen LogP contribution < -0.4 is 4.57 Å². The Labute approximate surface area is 138 Å². The lowest BCUT2D eigenvalue weighted by atomic mass is 10.1. The third kappa shape index (κ3) is 2.35. The molecule has 0 saturated carbocycles. The molecule has 2 aromatic heterocycles. The summed E-state index contributed by atoms with van der Waals surface area (Å²) in [7, 11) is 0. The van der Waals surface area contributed by atoms with Crippen molar-refractivity contribution in [3.05, 3.63) is 82.9 Å². The minimum Gasteiger partial charge on any atom is -0.232 e. The molecule has 0 bridgehead atoms. The quantitative estimate of drug-likeness (QED) is 0.470. The zero-order chi connectivity index (χ0) is 15.1. The van der Waals surface area contributed by atoms with Gasteiger partial charge in [-0.15, -0.1) is 0 Å². The minimum absolute atomic E-state index is 0.659. The van der Waals surface area contributed by atoms with Crippen molar-refractivity contribution >= 4 is 39.5 Å². The van der Waals surface area contributed by atoms with Crippen molar-refractivity contribution in [1.29, 1.82) is 0 Å². The predicted molar refractivity (Wildman–Crippen MR) is 90.7 cm³/mol. The molecule has 0 radical (unpaired) electrons. The molecule has 0 unspecified atom stereocenters. The SMILES string of the molecule is Clc1ccc(C[n+]2cc3c4ccccc4ccn3c2)c(Cl)c1. The highest BCUT2D eigenvalue weighted by Gasteiger charge is 2.12. The van der Waals surface area contributed by atoms with E-state index in [4.69, 9.17) is 23.2 Å². The molecule has 0 saturated heterocycles. The van der Waals surface area contributed by atoms with E-state index in [1.807, 2.05) is 12.1 Å². The van der Waals surface area contributed by atoms with Gasteiger partial charge in [0, 0.05) is 21.0 Å². The van der Waals surface area contributed by atoms with Crippen LogP contribution in [0.5, 0.6) is 0 Å². The molecule has 0 N–H and O–H groups in total.